The van der Waals surface area contributed by atoms with E-state index in [1.54, 1.807) is 24.3 Å². The minimum absolute atomic E-state index is 0.269. The summed E-state index contributed by atoms with van der Waals surface area (Å²) in [5, 5.41) is 2.81. The summed E-state index contributed by atoms with van der Waals surface area (Å²) >= 11 is 0. The Bertz CT molecular complexity index is 1090. The van der Waals surface area contributed by atoms with Crippen molar-refractivity contribution in [1.29, 1.82) is 0 Å². The summed E-state index contributed by atoms with van der Waals surface area (Å²) in [6, 6.07) is 26.5. The van der Waals surface area contributed by atoms with Gasteiger partial charge < -0.3 is 10.1 Å². The smallest absolute Gasteiger partial charge is 0.240 e. The Balaban J connectivity index is 1.53. The van der Waals surface area contributed by atoms with Crippen molar-refractivity contribution in [3.05, 3.63) is 96.1 Å². The molecule has 0 aliphatic rings. The molecule has 0 aromatic heterocycles. The van der Waals surface area contributed by atoms with Crippen molar-refractivity contribution in [2.24, 2.45) is 0 Å². The number of ether oxygens (including phenoxy) is 1. The molecule has 1 N–H and O–H groups in total. The molecule has 0 unspecified atom stereocenters. The molecule has 0 spiro atoms. The van der Waals surface area contributed by atoms with Gasteiger partial charge in [0.15, 0.2) is 0 Å². The maximum Gasteiger partial charge on any atom is 0.240 e. The third-order valence-corrected chi connectivity index (χ3v) is 6.01. The number of sulfonamides is 1. The fraction of sp³-hybridized carbons (Fsp3) is 0.240. The first-order valence-electron chi connectivity index (χ1n) is 10.5. The van der Waals surface area contributed by atoms with Crippen molar-refractivity contribution in [2.75, 3.05) is 23.7 Å². The van der Waals surface area contributed by atoms with E-state index in [1.807, 2.05) is 60.7 Å². The molecular weight excluding hydrogens is 424 g/mol. The van der Waals surface area contributed by atoms with Crippen LogP contribution in [0.15, 0.2) is 84.9 Å². The molecule has 0 aliphatic heterocycles. The lowest BCUT2D eigenvalue weighted by Gasteiger charge is -2.22. The summed E-state index contributed by atoms with van der Waals surface area (Å²) in [4.78, 5) is 12.4. The highest BCUT2D eigenvalue weighted by Gasteiger charge is 2.20. The number of anilines is 1. The summed E-state index contributed by atoms with van der Waals surface area (Å²) in [6.07, 6.45) is 2.72. The highest BCUT2D eigenvalue weighted by molar-refractivity contribution is 7.92. The first-order chi connectivity index (χ1) is 15.4. The highest BCUT2D eigenvalue weighted by Crippen LogP contribution is 2.22. The van der Waals surface area contributed by atoms with Crippen molar-refractivity contribution >= 4 is 21.6 Å². The van der Waals surface area contributed by atoms with E-state index >= 15 is 0 Å². The number of nitrogens with zero attached hydrogens (tertiary/aromatic N) is 1. The van der Waals surface area contributed by atoms with E-state index < -0.39 is 10.0 Å². The lowest BCUT2D eigenvalue weighted by molar-refractivity contribution is -0.119. The van der Waals surface area contributed by atoms with Gasteiger partial charge in [0.1, 0.15) is 18.9 Å². The van der Waals surface area contributed by atoms with Gasteiger partial charge in [-0.25, -0.2) is 8.42 Å². The van der Waals surface area contributed by atoms with E-state index in [9.17, 15) is 13.2 Å². The van der Waals surface area contributed by atoms with Crippen LogP contribution in [0.4, 0.5) is 5.69 Å². The Morgan fingerprint density at radius 1 is 0.875 bits per heavy atom. The van der Waals surface area contributed by atoms with Crippen molar-refractivity contribution in [3.63, 3.8) is 0 Å². The SMILES string of the molecule is CS(=O)(=O)N(CC(=O)NCCCc1ccccc1)c1ccc(OCc2ccccc2)cc1. The van der Waals surface area contributed by atoms with Gasteiger partial charge in [-0.15, -0.1) is 0 Å². The molecule has 3 aromatic rings. The van der Waals surface area contributed by atoms with Crippen LogP contribution >= 0.6 is 0 Å². The van der Waals surface area contributed by atoms with Crippen LogP contribution < -0.4 is 14.4 Å². The summed E-state index contributed by atoms with van der Waals surface area (Å²) in [5.74, 6) is 0.282. The van der Waals surface area contributed by atoms with Crippen LogP contribution in [0.25, 0.3) is 0 Å². The summed E-state index contributed by atoms with van der Waals surface area (Å²) in [6.45, 7) is 0.632. The van der Waals surface area contributed by atoms with E-state index in [-0.39, 0.29) is 12.5 Å². The van der Waals surface area contributed by atoms with E-state index in [2.05, 4.69) is 5.32 Å². The van der Waals surface area contributed by atoms with Crippen molar-refractivity contribution < 1.29 is 17.9 Å². The van der Waals surface area contributed by atoms with Crippen molar-refractivity contribution in [1.82, 2.24) is 5.32 Å². The molecular formula is C25H28N2O4S. The molecule has 168 valence electrons. The zero-order chi connectivity index (χ0) is 22.8. The van der Waals surface area contributed by atoms with Crippen LogP contribution in [0.2, 0.25) is 0 Å². The average molecular weight is 453 g/mol. The second-order valence-electron chi connectivity index (χ2n) is 7.48. The van der Waals surface area contributed by atoms with Crippen LogP contribution in [0.5, 0.6) is 5.75 Å². The molecule has 0 bridgehead atoms. The predicted molar refractivity (Wildman–Crippen MR) is 127 cm³/mol. The van der Waals surface area contributed by atoms with E-state index in [0.717, 1.165) is 29.0 Å². The predicted octanol–water partition coefficient (Wildman–Crippen LogP) is 3.78. The fourth-order valence-electron chi connectivity index (χ4n) is 3.20. The molecule has 0 saturated heterocycles. The van der Waals surface area contributed by atoms with Gasteiger partial charge in [0, 0.05) is 6.54 Å². The van der Waals surface area contributed by atoms with Crippen molar-refractivity contribution in [2.45, 2.75) is 19.4 Å². The van der Waals surface area contributed by atoms with Crippen LogP contribution in [0, 0.1) is 0 Å². The molecule has 0 fully saturated rings. The average Bonchev–Trinajstić information content (AvgIpc) is 2.80. The number of nitrogens with one attached hydrogen (secondary N) is 1. The number of rotatable bonds is 11. The van der Waals surface area contributed by atoms with E-state index in [0.29, 0.717) is 24.6 Å². The summed E-state index contributed by atoms with van der Waals surface area (Å²) < 4.78 is 31.4. The van der Waals surface area contributed by atoms with Gasteiger partial charge >= 0.3 is 0 Å². The second kappa shape index (κ2) is 11.3. The number of hydrogen-bond acceptors (Lipinski definition) is 4. The molecule has 0 aliphatic carbocycles. The highest BCUT2D eigenvalue weighted by atomic mass is 32.2. The van der Waals surface area contributed by atoms with Gasteiger partial charge in [-0.05, 0) is 48.2 Å². The number of amides is 1. The topological polar surface area (TPSA) is 75.7 Å². The zero-order valence-corrected chi connectivity index (χ0v) is 18.9. The normalized spacial score (nSPS) is 11.0. The number of aryl methyl sites for hydroxylation is 1. The lowest BCUT2D eigenvalue weighted by atomic mass is 10.1. The fourth-order valence-corrected chi connectivity index (χ4v) is 4.06. The maximum absolute atomic E-state index is 12.4. The Kier molecular flexibility index (Phi) is 8.27. The summed E-state index contributed by atoms with van der Waals surface area (Å²) in [5.41, 5.74) is 2.66. The Hall–Kier alpha value is -3.32. The first-order valence-corrected chi connectivity index (χ1v) is 12.3. The van der Waals surface area contributed by atoms with Gasteiger partial charge in [-0.3, -0.25) is 9.10 Å². The Morgan fingerprint density at radius 2 is 1.47 bits per heavy atom. The number of carbonyl (C=O) groups is 1. The van der Waals surface area contributed by atoms with Crippen LogP contribution in [0.1, 0.15) is 17.5 Å². The van der Waals surface area contributed by atoms with Gasteiger partial charge in [0.05, 0.1) is 11.9 Å². The molecule has 32 heavy (non-hydrogen) atoms. The molecule has 6 nitrogen and oxygen atoms in total. The van der Waals surface area contributed by atoms with Crippen LogP contribution in [-0.2, 0) is 27.8 Å². The zero-order valence-electron chi connectivity index (χ0n) is 18.1. The van der Waals surface area contributed by atoms with Gasteiger partial charge in [-0.2, -0.15) is 0 Å². The third-order valence-electron chi connectivity index (χ3n) is 4.87. The van der Waals surface area contributed by atoms with E-state index in [1.165, 1.54) is 5.56 Å². The number of hydrogen-bond donors (Lipinski definition) is 1. The monoisotopic (exact) mass is 452 g/mol. The molecule has 7 heteroatoms. The maximum atomic E-state index is 12.4. The third kappa shape index (κ3) is 7.42. The lowest BCUT2D eigenvalue weighted by Crippen LogP contribution is -2.40. The largest absolute Gasteiger partial charge is 0.489 e. The Labute approximate surface area is 189 Å². The molecule has 0 heterocycles. The Morgan fingerprint density at radius 3 is 2.06 bits per heavy atom. The van der Waals surface area contributed by atoms with Gasteiger partial charge in [0.2, 0.25) is 15.9 Å². The molecule has 0 radical (unpaired) electrons. The van der Waals surface area contributed by atoms with Gasteiger partial charge in [0.25, 0.3) is 0 Å². The first kappa shape index (κ1) is 23.3. The van der Waals surface area contributed by atoms with Crippen molar-refractivity contribution in [3.8, 4) is 5.75 Å². The van der Waals surface area contributed by atoms with E-state index in [4.69, 9.17) is 4.74 Å². The molecule has 3 aromatic carbocycles. The van der Waals surface area contributed by atoms with Gasteiger partial charge in [-0.1, -0.05) is 60.7 Å². The molecule has 1 amide bonds. The quantitative estimate of drug-likeness (QED) is 0.449. The summed E-state index contributed by atoms with van der Waals surface area (Å²) in [7, 11) is -3.62. The number of benzene rings is 3. The second-order valence-corrected chi connectivity index (χ2v) is 9.38. The standard InChI is InChI=1S/C25H28N2O4S/c1-32(29,30)27(19-25(28)26-18-8-13-21-9-4-2-5-10-21)23-14-16-24(17-15-23)31-20-22-11-6-3-7-12-22/h2-7,9-12,14-17H,8,13,18-20H2,1H3,(H,26,28). The number of carbonyl (C=O) groups excluding carboxylic acids is 1. The van der Waals surface area contributed by atoms with Crippen LogP contribution in [-0.4, -0.2) is 33.7 Å². The minimum Gasteiger partial charge on any atom is -0.489 e. The molecule has 0 atom stereocenters. The van der Waals surface area contributed by atoms with Crippen LogP contribution in [0.3, 0.4) is 0 Å². The minimum atomic E-state index is -3.62. The molecule has 3 rings (SSSR count). The molecule has 0 saturated carbocycles.